The number of carbonyl (C=O) groups excluding carboxylic acids is 3. The molecule has 34 heavy (non-hydrogen) atoms. The van der Waals surface area contributed by atoms with E-state index < -0.39 is 11.8 Å². The van der Waals surface area contributed by atoms with Crippen LogP contribution in [0.4, 0.5) is 10.1 Å². The molecule has 9 heteroatoms. The lowest BCUT2D eigenvalue weighted by molar-refractivity contribution is -0.129. The average molecular weight is 462 g/mol. The summed E-state index contributed by atoms with van der Waals surface area (Å²) in [5.41, 5.74) is 4.39. The van der Waals surface area contributed by atoms with E-state index in [4.69, 9.17) is 4.74 Å². The molecular formula is C25H23FN4O4. The number of amides is 3. The Morgan fingerprint density at radius 2 is 1.56 bits per heavy atom. The Kier molecular flexibility index (Phi) is 8.86. The van der Waals surface area contributed by atoms with E-state index in [2.05, 4.69) is 21.2 Å². The number of rotatable bonds is 10. The Morgan fingerprint density at radius 1 is 0.853 bits per heavy atom. The van der Waals surface area contributed by atoms with E-state index in [0.717, 1.165) is 5.56 Å². The molecule has 0 bridgehead atoms. The highest BCUT2D eigenvalue weighted by Crippen LogP contribution is 2.12. The van der Waals surface area contributed by atoms with Gasteiger partial charge in [-0.05, 0) is 59.7 Å². The van der Waals surface area contributed by atoms with E-state index in [-0.39, 0.29) is 24.8 Å². The summed E-state index contributed by atoms with van der Waals surface area (Å²) in [6.45, 7) is 0.131. The van der Waals surface area contributed by atoms with E-state index in [1.807, 2.05) is 30.3 Å². The topological polar surface area (TPSA) is 109 Å². The van der Waals surface area contributed by atoms with Crippen LogP contribution in [0.25, 0.3) is 0 Å². The van der Waals surface area contributed by atoms with Crippen molar-refractivity contribution in [2.75, 3.05) is 11.9 Å². The van der Waals surface area contributed by atoms with Gasteiger partial charge in [0.15, 0.2) is 6.61 Å². The molecular weight excluding hydrogens is 439 g/mol. The van der Waals surface area contributed by atoms with Crippen LogP contribution in [0.3, 0.4) is 0 Å². The van der Waals surface area contributed by atoms with Gasteiger partial charge < -0.3 is 15.4 Å². The first-order valence-corrected chi connectivity index (χ1v) is 10.4. The fourth-order valence-corrected chi connectivity index (χ4v) is 2.75. The van der Waals surface area contributed by atoms with Crippen molar-refractivity contribution in [2.24, 2.45) is 5.10 Å². The molecule has 0 heterocycles. The van der Waals surface area contributed by atoms with Gasteiger partial charge in [0.25, 0.3) is 5.91 Å². The summed E-state index contributed by atoms with van der Waals surface area (Å²) in [4.78, 5) is 35.6. The minimum atomic E-state index is -0.533. The third kappa shape index (κ3) is 8.54. The van der Waals surface area contributed by atoms with Crippen molar-refractivity contribution in [1.82, 2.24) is 10.7 Å². The number of carbonyl (C=O) groups is 3. The first kappa shape index (κ1) is 24.1. The second-order valence-electron chi connectivity index (χ2n) is 7.15. The fourth-order valence-electron chi connectivity index (χ4n) is 2.75. The number of hydrogen-bond donors (Lipinski definition) is 3. The van der Waals surface area contributed by atoms with Crippen LogP contribution in [0, 0.1) is 5.82 Å². The Balaban J connectivity index is 1.35. The summed E-state index contributed by atoms with van der Waals surface area (Å²) in [5, 5.41) is 9.10. The molecule has 3 aromatic rings. The van der Waals surface area contributed by atoms with Crippen molar-refractivity contribution in [3.8, 4) is 5.75 Å². The van der Waals surface area contributed by atoms with Crippen LogP contribution >= 0.6 is 0 Å². The smallest absolute Gasteiger partial charge is 0.262 e. The van der Waals surface area contributed by atoms with Crippen LogP contribution in [-0.4, -0.2) is 30.5 Å². The number of anilines is 1. The van der Waals surface area contributed by atoms with Crippen LogP contribution in [-0.2, 0) is 20.9 Å². The SMILES string of the molecule is O=C(CC(=O)N/N=C/c1ccc(OCC(=O)Nc2ccc(F)cc2)cc1)NCc1ccccc1. The number of hydrazone groups is 1. The molecule has 0 fully saturated rings. The molecule has 0 aromatic heterocycles. The molecule has 8 nitrogen and oxygen atoms in total. The molecule has 0 aliphatic rings. The molecule has 3 aromatic carbocycles. The van der Waals surface area contributed by atoms with E-state index in [0.29, 0.717) is 23.5 Å². The number of ether oxygens (including phenoxy) is 1. The molecule has 0 aliphatic carbocycles. The molecule has 0 atom stereocenters. The molecule has 3 amide bonds. The van der Waals surface area contributed by atoms with E-state index in [1.165, 1.54) is 30.5 Å². The Hall–Kier alpha value is -4.53. The number of hydrogen-bond acceptors (Lipinski definition) is 5. The van der Waals surface area contributed by atoms with Crippen molar-refractivity contribution >= 4 is 29.6 Å². The summed E-state index contributed by atoms with van der Waals surface area (Å²) in [6.07, 6.45) is 1.09. The lowest BCUT2D eigenvalue weighted by Crippen LogP contribution is -2.29. The van der Waals surface area contributed by atoms with Gasteiger partial charge in [-0.3, -0.25) is 14.4 Å². The lowest BCUT2D eigenvalue weighted by atomic mass is 10.2. The summed E-state index contributed by atoms with van der Waals surface area (Å²) >= 11 is 0. The maximum absolute atomic E-state index is 12.9. The van der Waals surface area contributed by atoms with Gasteiger partial charge in [0.2, 0.25) is 11.8 Å². The Bertz CT molecular complexity index is 1130. The molecule has 3 N–H and O–H groups in total. The van der Waals surface area contributed by atoms with Gasteiger partial charge in [0, 0.05) is 12.2 Å². The standard InChI is InChI=1S/C25H23FN4O4/c26-20-8-10-21(11-9-20)29-25(33)17-34-22-12-6-19(7-13-22)16-28-30-24(32)14-23(31)27-15-18-4-2-1-3-5-18/h1-13,16H,14-15,17H2,(H,27,31)(H,29,33)(H,30,32)/b28-16+. The highest BCUT2D eigenvalue weighted by Gasteiger charge is 2.08. The largest absolute Gasteiger partial charge is 0.484 e. The summed E-state index contributed by atoms with van der Waals surface area (Å²) in [5.74, 6) is -1.24. The van der Waals surface area contributed by atoms with Crippen LogP contribution in [0.2, 0.25) is 0 Å². The Labute approximate surface area is 195 Å². The average Bonchev–Trinajstić information content (AvgIpc) is 2.84. The predicted octanol–water partition coefficient (Wildman–Crippen LogP) is 3.00. The monoisotopic (exact) mass is 462 g/mol. The zero-order valence-electron chi connectivity index (χ0n) is 18.2. The van der Waals surface area contributed by atoms with Crippen molar-refractivity contribution < 1.29 is 23.5 Å². The zero-order chi connectivity index (χ0) is 24.2. The van der Waals surface area contributed by atoms with Crippen LogP contribution in [0.15, 0.2) is 84.0 Å². The lowest BCUT2D eigenvalue weighted by Gasteiger charge is -2.07. The fraction of sp³-hybridized carbons (Fsp3) is 0.120. The normalized spacial score (nSPS) is 10.5. The maximum Gasteiger partial charge on any atom is 0.262 e. The van der Waals surface area contributed by atoms with Gasteiger partial charge in [-0.25, -0.2) is 9.82 Å². The number of nitrogens with zero attached hydrogens (tertiary/aromatic N) is 1. The van der Waals surface area contributed by atoms with E-state index >= 15 is 0 Å². The molecule has 0 radical (unpaired) electrons. The minimum absolute atomic E-state index is 0.215. The van der Waals surface area contributed by atoms with Crippen LogP contribution in [0.1, 0.15) is 17.5 Å². The molecule has 0 saturated heterocycles. The van der Waals surface area contributed by atoms with Crippen molar-refractivity contribution in [3.05, 3.63) is 95.8 Å². The number of halogens is 1. The quantitative estimate of drug-likeness (QED) is 0.244. The van der Waals surface area contributed by atoms with Gasteiger partial charge >= 0.3 is 0 Å². The number of benzene rings is 3. The van der Waals surface area contributed by atoms with Crippen molar-refractivity contribution in [1.29, 1.82) is 0 Å². The number of nitrogens with one attached hydrogen (secondary N) is 3. The first-order chi connectivity index (χ1) is 16.5. The van der Waals surface area contributed by atoms with E-state index in [9.17, 15) is 18.8 Å². The van der Waals surface area contributed by atoms with Crippen molar-refractivity contribution in [3.63, 3.8) is 0 Å². The minimum Gasteiger partial charge on any atom is -0.484 e. The van der Waals surface area contributed by atoms with Gasteiger partial charge in [0.1, 0.15) is 18.0 Å². The van der Waals surface area contributed by atoms with Gasteiger partial charge in [-0.15, -0.1) is 0 Å². The van der Waals surface area contributed by atoms with Crippen molar-refractivity contribution in [2.45, 2.75) is 13.0 Å². The molecule has 0 saturated carbocycles. The summed E-state index contributed by atoms with van der Waals surface area (Å²) in [7, 11) is 0. The maximum atomic E-state index is 12.9. The molecule has 0 aliphatic heterocycles. The first-order valence-electron chi connectivity index (χ1n) is 10.4. The van der Waals surface area contributed by atoms with Gasteiger partial charge in [-0.2, -0.15) is 5.10 Å². The second-order valence-corrected chi connectivity index (χ2v) is 7.15. The third-order valence-corrected chi connectivity index (χ3v) is 4.43. The summed E-state index contributed by atoms with van der Waals surface area (Å²) < 4.78 is 18.3. The Morgan fingerprint density at radius 3 is 2.26 bits per heavy atom. The van der Waals surface area contributed by atoms with Crippen LogP contribution in [0.5, 0.6) is 5.75 Å². The highest BCUT2D eigenvalue weighted by atomic mass is 19.1. The highest BCUT2D eigenvalue weighted by molar-refractivity contribution is 5.97. The third-order valence-electron chi connectivity index (χ3n) is 4.43. The van der Waals surface area contributed by atoms with Gasteiger partial charge in [0.05, 0.1) is 6.21 Å². The molecule has 3 rings (SSSR count). The zero-order valence-corrected chi connectivity index (χ0v) is 18.2. The summed E-state index contributed by atoms with van der Waals surface area (Å²) in [6, 6.07) is 21.5. The second kappa shape index (κ2) is 12.5. The molecule has 174 valence electrons. The molecule has 0 spiro atoms. The van der Waals surface area contributed by atoms with Crippen LogP contribution < -0.4 is 20.8 Å². The predicted molar refractivity (Wildman–Crippen MR) is 126 cm³/mol. The van der Waals surface area contributed by atoms with E-state index in [1.54, 1.807) is 24.3 Å². The van der Waals surface area contributed by atoms with Gasteiger partial charge in [-0.1, -0.05) is 30.3 Å². The molecule has 0 unspecified atom stereocenters.